The molecule has 0 aliphatic carbocycles. The molecule has 0 radical (unpaired) electrons. The Kier molecular flexibility index (Phi) is 9.78. The lowest BCUT2D eigenvalue weighted by Gasteiger charge is -2.35. The van der Waals surface area contributed by atoms with Gasteiger partial charge in [0.2, 0.25) is 0 Å². The predicted octanol–water partition coefficient (Wildman–Crippen LogP) is 7.14. The van der Waals surface area contributed by atoms with E-state index >= 15 is 0 Å². The van der Waals surface area contributed by atoms with Crippen molar-refractivity contribution in [3.8, 4) is 11.5 Å². The number of methoxy groups -OCH3 is 1. The van der Waals surface area contributed by atoms with Crippen LogP contribution < -0.4 is 9.47 Å². The van der Waals surface area contributed by atoms with E-state index in [1.165, 1.54) is 30.5 Å². The maximum atomic E-state index is 13.5. The van der Waals surface area contributed by atoms with Gasteiger partial charge in [-0.25, -0.2) is 0 Å². The number of benzene rings is 3. The zero-order valence-corrected chi connectivity index (χ0v) is 24.9. The third kappa shape index (κ3) is 8.20. The first-order valence-electron chi connectivity index (χ1n) is 14.0. The maximum Gasteiger partial charge on any atom is 0.416 e. The number of rotatable bonds is 8. The number of aliphatic imine (C=N–C) groups is 1. The van der Waals surface area contributed by atoms with Crippen LogP contribution in [0.5, 0.6) is 11.5 Å². The number of amidine groups is 1. The van der Waals surface area contributed by atoms with Crippen LogP contribution in [0.1, 0.15) is 27.8 Å². The van der Waals surface area contributed by atoms with Gasteiger partial charge in [-0.1, -0.05) is 42.5 Å². The molecule has 1 saturated heterocycles. The van der Waals surface area contributed by atoms with Gasteiger partial charge in [-0.3, -0.25) is 9.69 Å². The Balaban J connectivity index is 1.20. The Morgan fingerprint density at radius 1 is 0.889 bits per heavy atom. The van der Waals surface area contributed by atoms with E-state index in [0.717, 1.165) is 45.2 Å². The van der Waals surface area contributed by atoms with Crippen molar-refractivity contribution in [3.63, 3.8) is 0 Å². The molecule has 6 nitrogen and oxygen atoms in total. The zero-order chi connectivity index (χ0) is 32.2. The standard InChI is InChI=1S/C32H29F6N3O3S/c1-43-27-17-22(7-10-26(27)44-20-23-8-9-24(31(33,34)35)19-25(23)32(36,37)38)18-28-29(42)39-30(45-28)41-15-13-40(14-16-41)12-11-21-5-3-2-4-6-21/h2-10,17-19H,11-16,20H2,1H3/b28-18-. The van der Waals surface area contributed by atoms with Gasteiger partial charge in [0, 0.05) is 38.3 Å². The number of carbonyl (C=O) groups excluding carboxylic acids is 1. The van der Waals surface area contributed by atoms with Gasteiger partial charge in [-0.05, 0) is 59.7 Å². The van der Waals surface area contributed by atoms with Crippen molar-refractivity contribution in [2.75, 3.05) is 39.8 Å². The fraction of sp³-hybridized carbons (Fsp3) is 0.312. The average Bonchev–Trinajstić information content (AvgIpc) is 3.38. The van der Waals surface area contributed by atoms with E-state index in [1.807, 2.05) is 18.2 Å². The van der Waals surface area contributed by atoms with Crippen LogP contribution in [0.3, 0.4) is 0 Å². The second-order valence-electron chi connectivity index (χ2n) is 10.4. The molecule has 0 bridgehead atoms. The van der Waals surface area contributed by atoms with E-state index in [9.17, 15) is 31.1 Å². The molecule has 3 aromatic carbocycles. The number of ether oxygens (including phenoxy) is 2. The Morgan fingerprint density at radius 3 is 2.29 bits per heavy atom. The van der Waals surface area contributed by atoms with Crippen molar-refractivity contribution in [2.24, 2.45) is 4.99 Å². The number of thioether (sulfide) groups is 1. The van der Waals surface area contributed by atoms with E-state index in [-0.39, 0.29) is 23.5 Å². The van der Waals surface area contributed by atoms with Crippen LogP contribution >= 0.6 is 11.8 Å². The van der Waals surface area contributed by atoms with Gasteiger partial charge < -0.3 is 14.4 Å². The molecule has 1 amide bonds. The number of carbonyl (C=O) groups is 1. The number of nitrogens with zero attached hydrogens (tertiary/aromatic N) is 3. The van der Waals surface area contributed by atoms with Gasteiger partial charge in [-0.15, -0.1) is 0 Å². The summed E-state index contributed by atoms with van der Waals surface area (Å²) in [6, 6.07) is 16.3. The average molecular weight is 650 g/mol. The van der Waals surface area contributed by atoms with Crippen LogP contribution in [0.15, 0.2) is 76.6 Å². The van der Waals surface area contributed by atoms with Crippen LogP contribution in [0.2, 0.25) is 0 Å². The highest BCUT2D eigenvalue weighted by molar-refractivity contribution is 8.18. The first-order valence-corrected chi connectivity index (χ1v) is 14.8. The molecular formula is C32H29F6N3O3S. The van der Waals surface area contributed by atoms with Crippen molar-refractivity contribution in [1.29, 1.82) is 0 Å². The Morgan fingerprint density at radius 2 is 1.62 bits per heavy atom. The number of hydrogen-bond acceptors (Lipinski definition) is 6. The molecule has 0 saturated carbocycles. The Hall–Kier alpha value is -3.97. The molecule has 0 spiro atoms. The fourth-order valence-electron chi connectivity index (χ4n) is 4.97. The van der Waals surface area contributed by atoms with E-state index < -0.39 is 35.6 Å². The quantitative estimate of drug-likeness (QED) is 0.191. The number of halogens is 6. The SMILES string of the molecule is COc1cc(/C=C2\SC(N3CCN(CCc4ccccc4)CC3)=NC2=O)ccc1OCc1ccc(C(F)(F)F)cc1C(F)(F)F. The number of amides is 1. The minimum Gasteiger partial charge on any atom is -0.493 e. The summed E-state index contributed by atoms with van der Waals surface area (Å²) in [6.45, 7) is 3.52. The number of piperazine rings is 1. The number of hydrogen-bond donors (Lipinski definition) is 0. The van der Waals surface area contributed by atoms with Gasteiger partial charge in [0.05, 0.1) is 23.1 Å². The van der Waals surface area contributed by atoms with Crippen LogP contribution in [0.4, 0.5) is 26.3 Å². The normalized spacial score (nSPS) is 17.1. The van der Waals surface area contributed by atoms with Crippen molar-refractivity contribution < 1.29 is 40.6 Å². The van der Waals surface area contributed by atoms with E-state index in [0.29, 0.717) is 21.7 Å². The molecule has 0 N–H and O–H groups in total. The highest BCUT2D eigenvalue weighted by atomic mass is 32.2. The second kappa shape index (κ2) is 13.6. The van der Waals surface area contributed by atoms with Crippen molar-refractivity contribution >= 4 is 28.9 Å². The zero-order valence-electron chi connectivity index (χ0n) is 24.1. The monoisotopic (exact) mass is 649 g/mol. The lowest BCUT2D eigenvalue weighted by Crippen LogP contribution is -2.48. The Bertz CT molecular complexity index is 1580. The maximum absolute atomic E-state index is 13.5. The third-order valence-electron chi connectivity index (χ3n) is 7.42. The number of alkyl halides is 6. The summed E-state index contributed by atoms with van der Waals surface area (Å²) in [5.74, 6) is -0.115. The van der Waals surface area contributed by atoms with Crippen LogP contribution in [-0.2, 0) is 30.2 Å². The minimum atomic E-state index is -5.01. The summed E-state index contributed by atoms with van der Waals surface area (Å²) in [5.41, 5.74) is -1.43. The van der Waals surface area contributed by atoms with E-state index in [1.54, 1.807) is 18.2 Å². The lowest BCUT2D eigenvalue weighted by atomic mass is 10.0. The van der Waals surface area contributed by atoms with Crippen LogP contribution in [0, 0.1) is 0 Å². The van der Waals surface area contributed by atoms with Crippen molar-refractivity contribution in [3.05, 3.63) is 99.5 Å². The molecule has 2 heterocycles. The predicted molar refractivity (Wildman–Crippen MR) is 160 cm³/mol. The van der Waals surface area contributed by atoms with E-state index in [2.05, 4.69) is 26.9 Å². The molecule has 45 heavy (non-hydrogen) atoms. The topological polar surface area (TPSA) is 54.4 Å². The van der Waals surface area contributed by atoms with Crippen LogP contribution in [0.25, 0.3) is 6.08 Å². The second-order valence-corrected chi connectivity index (χ2v) is 11.4. The summed E-state index contributed by atoms with van der Waals surface area (Å²) in [6.07, 6.45) is -7.32. The van der Waals surface area contributed by atoms with Crippen LogP contribution in [-0.4, -0.2) is 60.7 Å². The molecule has 1 fully saturated rings. The minimum absolute atomic E-state index is 0.0732. The first-order chi connectivity index (χ1) is 21.4. The fourth-order valence-corrected chi connectivity index (χ4v) is 5.94. The van der Waals surface area contributed by atoms with Gasteiger partial charge in [-0.2, -0.15) is 31.3 Å². The molecule has 238 valence electrons. The molecule has 0 unspecified atom stereocenters. The highest BCUT2D eigenvalue weighted by Gasteiger charge is 2.38. The smallest absolute Gasteiger partial charge is 0.416 e. The van der Waals surface area contributed by atoms with Crippen molar-refractivity contribution in [1.82, 2.24) is 9.80 Å². The van der Waals surface area contributed by atoms with Gasteiger partial charge in [0.15, 0.2) is 16.7 Å². The molecule has 0 atom stereocenters. The molecule has 5 rings (SSSR count). The molecular weight excluding hydrogens is 620 g/mol. The van der Waals surface area contributed by atoms with Gasteiger partial charge in [0.25, 0.3) is 5.91 Å². The summed E-state index contributed by atoms with van der Waals surface area (Å²) < 4.78 is 90.4. The molecule has 0 aromatic heterocycles. The third-order valence-corrected chi connectivity index (χ3v) is 8.47. The largest absolute Gasteiger partial charge is 0.493 e. The summed E-state index contributed by atoms with van der Waals surface area (Å²) in [4.78, 5) is 21.8. The Labute approximate surface area is 260 Å². The molecule has 3 aromatic rings. The lowest BCUT2D eigenvalue weighted by molar-refractivity contribution is -0.143. The summed E-state index contributed by atoms with van der Waals surface area (Å²) >= 11 is 1.27. The van der Waals surface area contributed by atoms with Gasteiger partial charge >= 0.3 is 12.4 Å². The summed E-state index contributed by atoms with van der Waals surface area (Å²) in [7, 11) is 1.34. The van der Waals surface area contributed by atoms with Gasteiger partial charge in [0.1, 0.15) is 6.61 Å². The highest BCUT2D eigenvalue weighted by Crippen LogP contribution is 2.39. The first kappa shape index (κ1) is 32.4. The molecule has 2 aliphatic rings. The van der Waals surface area contributed by atoms with E-state index in [4.69, 9.17) is 9.47 Å². The molecule has 2 aliphatic heterocycles. The van der Waals surface area contributed by atoms with Crippen molar-refractivity contribution in [2.45, 2.75) is 25.4 Å². The molecule has 13 heteroatoms. The summed E-state index contributed by atoms with van der Waals surface area (Å²) in [5, 5.41) is 0.637.